The van der Waals surface area contributed by atoms with Crippen molar-refractivity contribution in [1.82, 2.24) is 4.90 Å². The minimum Gasteiger partial charge on any atom is -0.443 e. The zero-order chi connectivity index (χ0) is 12.0. The Bertz CT molecular complexity index is 523. The van der Waals surface area contributed by atoms with Gasteiger partial charge in [-0.3, -0.25) is 4.79 Å². The highest BCUT2D eigenvalue weighted by Crippen LogP contribution is 2.42. The summed E-state index contributed by atoms with van der Waals surface area (Å²) in [6.07, 6.45) is 1.00. The van der Waals surface area contributed by atoms with E-state index in [9.17, 15) is 9.59 Å². The summed E-state index contributed by atoms with van der Waals surface area (Å²) in [5, 5.41) is 0. The number of fused-ring (bicyclic) bond motifs is 3. The molecular formula is C13H11NO3. The molecule has 0 bridgehead atoms. The van der Waals surface area contributed by atoms with Crippen LogP contribution in [0.5, 0.6) is 0 Å². The molecule has 1 aromatic carbocycles. The first-order valence-corrected chi connectivity index (χ1v) is 5.46. The molecule has 0 radical (unpaired) electrons. The van der Waals surface area contributed by atoms with Crippen LogP contribution in [0.3, 0.4) is 0 Å². The third-order valence-corrected chi connectivity index (χ3v) is 3.29. The summed E-state index contributed by atoms with van der Waals surface area (Å²) in [6.45, 7) is 3.41. The summed E-state index contributed by atoms with van der Waals surface area (Å²) >= 11 is 0. The van der Waals surface area contributed by atoms with Crippen molar-refractivity contribution in [3.8, 4) is 0 Å². The molecule has 1 aromatic rings. The highest BCUT2D eigenvalue weighted by Gasteiger charge is 2.49. The second-order valence-electron chi connectivity index (χ2n) is 4.18. The number of hydrogen-bond acceptors (Lipinski definition) is 3. The van der Waals surface area contributed by atoms with Crippen molar-refractivity contribution in [1.29, 1.82) is 0 Å². The van der Waals surface area contributed by atoms with Crippen molar-refractivity contribution < 1.29 is 14.3 Å². The van der Waals surface area contributed by atoms with Gasteiger partial charge in [0, 0.05) is 6.42 Å². The second-order valence-corrected chi connectivity index (χ2v) is 4.18. The third kappa shape index (κ3) is 1.30. The first kappa shape index (κ1) is 10.1. The fraction of sp³-hybridized carbons (Fsp3) is 0.231. The molecule has 2 atom stereocenters. The van der Waals surface area contributed by atoms with Crippen LogP contribution in [0.15, 0.2) is 36.9 Å². The summed E-state index contributed by atoms with van der Waals surface area (Å²) in [4.78, 5) is 24.5. The predicted octanol–water partition coefficient (Wildman–Crippen LogP) is 1.82. The maximum absolute atomic E-state index is 11.7. The van der Waals surface area contributed by atoms with Gasteiger partial charge in [0.2, 0.25) is 0 Å². The molecule has 0 N–H and O–H groups in total. The van der Waals surface area contributed by atoms with E-state index in [1.165, 1.54) is 0 Å². The molecule has 4 heteroatoms. The molecule has 1 heterocycles. The lowest BCUT2D eigenvalue weighted by Gasteiger charge is -2.17. The van der Waals surface area contributed by atoms with E-state index in [1.807, 2.05) is 24.3 Å². The topological polar surface area (TPSA) is 46.6 Å². The van der Waals surface area contributed by atoms with Crippen LogP contribution in [0.2, 0.25) is 0 Å². The summed E-state index contributed by atoms with van der Waals surface area (Å²) < 4.78 is 5.22. The summed E-state index contributed by atoms with van der Waals surface area (Å²) in [5.74, 6) is -0.404. The van der Waals surface area contributed by atoms with Gasteiger partial charge in [0.05, 0.1) is 0 Å². The molecule has 4 nitrogen and oxygen atoms in total. The Morgan fingerprint density at radius 1 is 1.47 bits per heavy atom. The fourth-order valence-electron chi connectivity index (χ4n) is 2.57. The smallest absolute Gasteiger partial charge is 0.417 e. The molecule has 2 amide bonds. The number of ether oxygens (including phenoxy) is 1. The van der Waals surface area contributed by atoms with Crippen LogP contribution < -0.4 is 0 Å². The van der Waals surface area contributed by atoms with E-state index in [-0.39, 0.29) is 12.1 Å². The van der Waals surface area contributed by atoms with E-state index in [4.69, 9.17) is 4.74 Å². The first-order valence-electron chi connectivity index (χ1n) is 5.46. The Morgan fingerprint density at radius 2 is 2.24 bits per heavy atom. The van der Waals surface area contributed by atoms with Crippen LogP contribution in [0.25, 0.3) is 0 Å². The Kier molecular flexibility index (Phi) is 2.04. The van der Waals surface area contributed by atoms with Gasteiger partial charge >= 0.3 is 6.09 Å². The lowest BCUT2D eigenvalue weighted by atomic mass is 10.1. The van der Waals surface area contributed by atoms with Crippen LogP contribution in [0.1, 0.15) is 17.2 Å². The molecule has 3 rings (SSSR count). The van der Waals surface area contributed by atoms with Crippen LogP contribution in [0.4, 0.5) is 4.79 Å². The summed E-state index contributed by atoms with van der Waals surface area (Å²) in [7, 11) is 0. The maximum Gasteiger partial charge on any atom is 0.417 e. The Hall–Kier alpha value is -2.10. The molecule has 1 fully saturated rings. The summed E-state index contributed by atoms with van der Waals surface area (Å²) in [6, 6.07) is 7.50. The number of amides is 2. The van der Waals surface area contributed by atoms with Gasteiger partial charge in [0.25, 0.3) is 5.91 Å². The lowest BCUT2D eigenvalue weighted by Crippen LogP contribution is -2.32. The number of hydrogen-bond donors (Lipinski definition) is 0. The highest BCUT2D eigenvalue weighted by atomic mass is 16.6. The van der Waals surface area contributed by atoms with Crippen LogP contribution >= 0.6 is 0 Å². The first-order chi connectivity index (χ1) is 8.22. The Morgan fingerprint density at radius 3 is 3.00 bits per heavy atom. The quantitative estimate of drug-likeness (QED) is 0.690. The monoisotopic (exact) mass is 229 g/mol. The van der Waals surface area contributed by atoms with Crippen molar-refractivity contribution in [2.75, 3.05) is 0 Å². The molecular weight excluding hydrogens is 218 g/mol. The maximum atomic E-state index is 11.7. The zero-order valence-electron chi connectivity index (χ0n) is 9.13. The number of rotatable bonds is 1. The van der Waals surface area contributed by atoms with Crippen molar-refractivity contribution in [2.45, 2.75) is 18.6 Å². The van der Waals surface area contributed by atoms with Crippen molar-refractivity contribution in [3.05, 3.63) is 48.0 Å². The Balaban J connectivity index is 2.06. The van der Waals surface area contributed by atoms with Gasteiger partial charge in [-0.25, -0.2) is 9.69 Å². The SMILES string of the molecule is C=CC(=O)N1C(=O)O[C@@H]2Cc3ccccc3[C@@H]21. The number of carbonyl (C=O) groups is 2. The van der Waals surface area contributed by atoms with Gasteiger partial charge in [-0.2, -0.15) is 0 Å². The molecule has 17 heavy (non-hydrogen) atoms. The largest absolute Gasteiger partial charge is 0.443 e. The van der Waals surface area contributed by atoms with Crippen LogP contribution in [-0.2, 0) is 16.0 Å². The number of carbonyl (C=O) groups excluding carboxylic acids is 2. The molecule has 1 aliphatic heterocycles. The minimum absolute atomic E-state index is 0.246. The second kappa shape index (κ2) is 3.45. The number of nitrogens with zero attached hydrogens (tertiary/aromatic N) is 1. The molecule has 0 aromatic heterocycles. The average Bonchev–Trinajstić information content (AvgIpc) is 2.82. The predicted molar refractivity (Wildman–Crippen MR) is 60.2 cm³/mol. The van der Waals surface area contributed by atoms with Gasteiger partial charge in [0.1, 0.15) is 12.1 Å². The molecule has 0 spiro atoms. The summed E-state index contributed by atoms with van der Waals surface area (Å²) in [5.41, 5.74) is 2.13. The van der Waals surface area contributed by atoms with E-state index in [0.29, 0.717) is 6.42 Å². The van der Waals surface area contributed by atoms with E-state index < -0.39 is 12.0 Å². The highest BCUT2D eigenvalue weighted by molar-refractivity contribution is 6.00. The average molecular weight is 229 g/mol. The van der Waals surface area contributed by atoms with E-state index in [2.05, 4.69) is 6.58 Å². The van der Waals surface area contributed by atoms with Gasteiger partial charge < -0.3 is 4.74 Å². The zero-order valence-corrected chi connectivity index (χ0v) is 9.13. The molecule has 86 valence electrons. The lowest BCUT2D eigenvalue weighted by molar-refractivity contribution is -0.124. The molecule has 1 aliphatic carbocycles. The van der Waals surface area contributed by atoms with Gasteiger partial charge in [-0.05, 0) is 17.2 Å². The molecule has 2 aliphatic rings. The van der Waals surface area contributed by atoms with Gasteiger partial charge in [0.15, 0.2) is 0 Å². The van der Waals surface area contributed by atoms with Gasteiger partial charge in [-0.15, -0.1) is 0 Å². The third-order valence-electron chi connectivity index (χ3n) is 3.29. The molecule has 0 unspecified atom stereocenters. The van der Waals surface area contributed by atoms with Crippen molar-refractivity contribution in [2.24, 2.45) is 0 Å². The normalized spacial score (nSPS) is 25.2. The van der Waals surface area contributed by atoms with Crippen LogP contribution in [0, 0.1) is 0 Å². The van der Waals surface area contributed by atoms with Crippen molar-refractivity contribution in [3.63, 3.8) is 0 Å². The van der Waals surface area contributed by atoms with E-state index in [0.717, 1.165) is 22.1 Å². The standard InChI is InChI=1S/C13H11NO3/c1-2-11(15)14-12-9-6-4-3-5-8(9)7-10(12)17-13(14)16/h2-6,10,12H,1,7H2/t10-,12+/m1/s1. The Labute approximate surface area is 98.5 Å². The van der Waals surface area contributed by atoms with Gasteiger partial charge in [-0.1, -0.05) is 30.8 Å². The molecule has 1 saturated heterocycles. The van der Waals surface area contributed by atoms with Crippen molar-refractivity contribution >= 4 is 12.0 Å². The van der Waals surface area contributed by atoms with E-state index >= 15 is 0 Å². The fourth-order valence-corrected chi connectivity index (χ4v) is 2.57. The minimum atomic E-state index is -0.570. The number of benzene rings is 1. The molecule has 0 saturated carbocycles. The van der Waals surface area contributed by atoms with E-state index in [1.54, 1.807) is 0 Å². The van der Waals surface area contributed by atoms with Crippen LogP contribution in [-0.4, -0.2) is 23.0 Å². The number of imide groups is 1.